The van der Waals surface area contributed by atoms with Gasteiger partial charge in [-0.05, 0) is 69.2 Å². The molecule has 0 radical (unpaired) electrons. The summed E-state index contributed by atoms with van der Waals surface area (Å²) in [7, 11) is 0. The van der Waals surface area contributed by atoms with Gasteiger partial charge in [0.25, 0.3) is 0 Å². The van der Waals surface area contributed by atoms with E-state index in [9.17, 15) is 0 Å². The Balaban J connectivity index is 1.49. The van der Waals surface area contributed by atoms with Gasteiger partial charge in [0.05, 0.1) is 11.2 Å². The van der Waals surface area contributed by atoms with Crippen LogP contribution in [-0.2, 0) is 12.8 Å². The van der Waals surface area contributed by atoms with Crippen molar-refractivity contribution in [3.63, 3.8) is 0 Å². The zero-order valence-electron chi connectivity index (χ0n) is 15.3. The smallest absolute Gasteiger partial charge is 0.159 e. The second-order valence-electron chi connectivity index (χ2n) is 6.89. The third-order valence-electron chi connectivity index (χ3n) is 5.08. The quantitative estimate of drug-likeness (QED) is 0.487. The molecule has 0 aliphatic heterocycles. The third kappa shape index (κ3) is 2.72. The van der Waals surface area contributed by atoms with Crippen LogP contribution in [0.5, 0.6) is 0 Å². The van der Waals surface area contributed by atoms with Crippen LogP contribution in [0.1, 0.15) is 22.8 Å². The molecule has 27 heavy (non-hydrogen) atoms. The number of pyridine rings is 4. The van der Waals surface area contributed by atoms with E-state index in [0.29, 0.717) is 0 Å². The summed E-state index contributed by atoms with van der Waals surface area (Å²) in [6.07, 6.45) is 5.56. The number of nitrogens with zero attached hydrogens (tertiary/aromatic N) is 5. The molecule has 0 bridgehead atoms. The van der Waals surface area contributed by atoms with Crippen molar-refractivity contribution in [3.05, 3.63) is 77.6 Å². The van der Waals surface area contributed by atoms with Crippen LogP contribution in [0.25, 0.3) is 27.6 Å². The normalized spacial score (nSPS) is 11.6. The number of aryl methyl sites for hydroxylation is 4. The van der Waals surface area contributed by atoms with Gasteiger partial charge in [-0.2, -0.15) is 0 Å². The lowest BCUT2D eigenvalue weighted by molar-refractivity contribution is 0.882. The molecule has 5 nitrogen and oxygen atoms in total. The summed E-state index contributed by atoms with van der Waals surface area (Å²) in [5, 5.41) is 2.16. The Morgan fingerprint density at radius 2 is 1.78 bits per heavy atom. The van der Waals surface area contributed by atoms with E-state index in [1.165, 1.54) is 5.69 Å². The lowest BCUT2D eigenvalue weighted by Crippen LogP contribution is -1.98. The van der Waals surface area contributed by atoms with Gasteiger partial charge in [0.2, 0.25) is 0 Å². The topological polar surface area (TPSA) is 56.0 Å². The van der Waals surface area contributed by atoms with E-state index in [1.807, 2.05) is 31.3 Å². The van der Waals surface area contributed by atoms with Gasteiger partial charge in [0, 0.05) is 40.2 Å². The van der Waals surface area contributed by atoms with Crippen molar-refractivity contribution in [3.8, 4) is 0 Å². The fourth-order valence-electron chi connectivity index (χ4n) is 3.57. The molecule has 0 spiro atoms. The zero-order valence-corrected chi connectivity index (χ0v) is 15.3. The van der Waals surface area contributed by atoms with E-state index in [4.69, 9.17) is 9.97 Å². The Morgan fingerprint density at radius 3 is 2.70 bits per heavy atom. The molecular weight excluding hydrogens is 334 g/mol. The summed E-state index contributed by atoms with van der Waals surface area (Å²) in [6, 6.07) is 14.3. The van der Waals surface area contributed by atoms with E-state index in [2.05, 4.69) is 51.8 Å². The molecular formula is C22H19N5. The Bertz CT molecular complexity index is 1300. The number of rotatable bonds is 3. The Morgan fingerprint density at radius 1 is 0.889 bits per heavy atom. The van der Waals surface area contributed by atoms with E-state index in [0.717, 1.165) is 57.5 Å². The van der Waals surface area contributed by atoms with Crippen LogP contribution in [0.4, 0.5) is 0 Å². The molecule has 5 heteroatoms. The highest BCUT2D eigenvalue weighted by Gasteiger charge is 2.12. The molecule has 5 aromatic heterocycles. The van der Waals surface area contributed by atoms with Crippen LogP contribution in [0, 0.1) is 13.8 Å². The second kappa shape index (κ2) is 6.13. The summed E-state index contributed by atoms with van der Waals surface area (Å²) in [4.78, 5) is 18.6. The average Bonchev–Trinajstić information content (AvgIpc) is 3.02. The largest absolute Gasteiger partial charge is 0.303 e. The van der Waals surface area contributed by atoms with Gasteiger partial charge in [-0.3, -0.25) is 4.98 Å². The van der Waals surface area contributed by atoms with Gasteiger partial charge in [-0.25, -0.2) is 15.0 Å². The fourth-order valence-corrected chi connectivity index (χ4v) is 3.57. The van der Waals surface area contributed by atoms with Gasteiger partial charge in [-0.1, -0.05) is 0 Å². The van der Waals surface area contributed by atoms with Crippen molar-refractivity contribution >= 4 is 27.6 Å². The van der Waals surface area contributed by atoms with Crippen molar-refractivity contribution in [2.75, 3.05) is 0 Å². The second-order valence-corrected chi connectivity index (χ2v) is 6.89. The number of aromatic nitrogens is 5. The lowest BCUT2D eigenvalue weighted by atomic mass is 10.1. The number of hydrogen-bond acceptors (Lipinski definition) is 4. The standard InChI is InChI=1S/C22H19N5/c1-14-5-6-16-7-8-17(25-21(16)24-14)9-10-19-15(2)27-13-11-20-18(22(27)26-19)4-3-12-23-20/h3-8,11-13H,9-10H2,1-2H3. The van der Waals surface area contributed by atoms with Crippen LogP contribution < -0.4 is 0 Å². The van der Waals surface area contributed by atoms with Gasteiger partial charge in [0.1, 0.15) is 5.65 Å². The summed E-state index contributed by atoms with van der Waals surface area (Å²) in [6.45, 7) is 4.11. The summed E-state index contributed by atoms with van der Waals surface area (Å²) < 4.78 is 2.15. The molecule has 132 valence electrons. The minimum absolute atomic E-state index is 0.816. The van der Waals surface area contributed by atoms with Crippen LogP contribution in [0.2, 0.25) is 0 Å². The van der Waals surface area contributed by atoms with Crippen LogP contribution in [0.15, 0.2) is 54.9 Å². The first-order chi connectivity index (χ1) is 13.2. The molecule has 0 unspecified atom stereocenters. The molecule has 0 aliphatic rings. The maximum Gasteiger partial charge on any atom is 0.159 e. The van der Waals surface area contributed by atoms with Crippen molar-refractivity contribution in [1.29, 1.82) is 0 Å². The highest BCUT2D eigenvalue weighted by molar-refractivity contribution is 5.91. The molecule has 0 saturated heterocycles. The predicted molar refractivity (Wildman–Crippen MR) is 107 cm³/mol. The SMILES string of the molecule is Cc1ccc2ccc(CCc3nc4c5cccnc5ccn4c3C)nc2n1. The van der Waals surface area contributed by atoms with Crippen LogP contribution in [0.3, 0.4) is 0 Å². The molecule has 5 rings (SSSR count). The molecule has 5 aromatic rings. The van der Waals surface area contributed by atoms with Crippen LogP contribution >= 0.6 is 0 Å². The van der Waals surface area contributed by atoms with E-state index in [1.54, 1.807) is 0 Å². The summed E-state index contributed by atoms with van der Waals surface area (Å²) in [5.41, 5.74) is 7.07. The van der Waals surface area contributed by atoms with Gasteiger partial charge in [0.15, 0.2) is 5.65 Å². The zero-order chi connectivity index (χ0) is 18.4. The van der Waals surface area contributed by atoms with Crippen molar-refractivity contribution < 1.29 is 0 Å². The van der Waals surface area contributed by atoms with Crippen molar-refractivity contribution in [2.45, 2.75) is 26.7 Å². The Labute approximate surface area is 156 Å². The van der Waals surface area contributed by atoms with E-state index >= 15 is 0 Å². The Hall–Kier alpha value is -3.34. The third-order valence-corrected chi connectivity index (χ3v) is 5.08. The summed E-state index contributed by atoms with van der Waals surface area (Å²) in [5.74, 6) is 0. The van der Waals surface area contributed by atoms with Gasteiger partial charge < -0.3 is 4.40 Å². The predicted octanol–water partition coefficient (Wildman–Crippen LogP) is 4.23. The molecule has 0 saturated carbocycles. The highest BCUT2D eigenvalue weighted by Crippen LogP contribution is 2.21. The summed E-state index contributed by atoms with van der Waals surface area (Å²) >= 11 is 0. The number of fused-ring (bicyclic) bond motifs is 4. The minimum atomic E-state index is 0.816. The van der Waals surface area contributed by atoms with Gasteiger partial charge >= 0.3 is 0 Å². The highest BCUT2D eigenvalue weighted by atomic mass is 15.0. The molecule has 0 atom stereocenters. The molecule has 0 fully saturated rings. The van der Waals surface area contributed by atoms with Crippen LogP contribution in [-0.4, -0.2) is 24.3 Å². The molecule has 0 N–H and O–H groups in total. The maximum atomic E-state index is 4.91. The van der Waals surface area contributed by atoms with E-state index < -0.39 is 0 Å². The van der Waals surface area contributed by atoms with Crippen molar-refractivity contribution in [2.24, 2.45) is 0 Å². The molecule has 5 heterocycles. The fraction of sp³-hybridized carbons (Fsp3) is 0.182. The Kier molecular flexibility index (Phi) is 3.60. The molecule has 0 amide bonds. The molecule has 0 aliphatic carbocycles. The first-order valence-electron chi connectivity index (χ1n) is 9.13. The van der Waals surface area contributed by atoms with E-state index in [-0.39, 0.29) is 0 Å². The number of imidazole rings is 1. The first kappa shape index (κ1) is 15.9. The lowest BCUT2D eigenvalue weighted by Gasteiger charge is -2.03. The van der Waals surface area contributed by atoms with Gasteiger partial charge in [-0.15, -0.1) is 0 Å². The first-order valence-corrected chi connectivity index (χ1v) is 9.13. The number of hydrogen-bond donors (Lipinski definition) is 0. The van der Waals surface area contributed by atoms with Crippen molar-refractivity contribution in [1.82, 2.24) is 24.3 Å². The minimum Gasteiger partial charge on any atom is -0.303 e. The maximum absolute atomic E-state index is 4.91. The monoisotopic (exact) mass is 353 g/mol. The molecule has 0 aromatic carbocycles. The average molecular weight is 353 g/mol.